The standard InChI is InChI=1S/C15H17IN2O4/c1-4-22-14(19)12-8(2)17-15(20)18-13(12)10-7-9(16)5-6-11(10)21-3/h5-7,13H,4H2,1-3H3,(H2,17,18,20)/t13-/m1/s1. The molecule has 0 fully saturated rings. The van der Waals surface area contributed by atoms with E-state index in [2.05, 4.69) is 33.2 Å². The molecule has 118 valence electrons. The van der Waals surface area contributed by atoms with Gasteiger partial charge in [-0.2, -0.15) is 0 Å². The van der Waals surface area contributed by atoms with E-state index >= 15 is 0 Å². The first-order chi connectivity index (χ1) is 10.5. The Morgan fingerprint density at radius 3 is 2.77 bits per heavy atom. The van der Waals surface area contributed by atoms with Crippen LogP contribution < -0.4 is 15.4 Å². The van der Waals surface area contributed by atoms with Crippen molar-refractivity contribution in [3.05, 3.63) is 38.6 Å². The van der Waals surface area contributed by atoms with Crippen molar-refractivity contribution in [2.75, 3.05) is 13.7 Å². The Morgan fingerprint density at radius 1 is 1.41 bits per heavy atom. The van der Waals surface area contributed by atoms with E-state index in [1.165, 1.54) is 0 Å². The third kappa shape index (κ3) is 3.34. The Kier molecular flexibility index (Phi) is 5.28. The van der Waals surface area contributed by atoms with Crippen LogP contribution in [-0.4, -0.2) is 25.7 Å². The molecule has 2 N–H and O–H groups in total. The highest BCUT2D eigenvalue weighted by Crippen LogP contribution is 2.34. The zero-order valence-corrected chi connectivity index (χ0v) is 14.7. The molecule has 2 amide bonds. The summed E-state index contributed by atoms with van der Waals surface area (Å²) < 4.78 is 11.4. The van der Waals surface area contributed by atoms with E-state index in [0.717, 1.165) is 3.57 Å². The van der Waals surface area contributed by atoms with Crippen LogP contribution in [-0.2, 0) is 9.53 Å². The SMILES string of the molecule is CCOC(=O)C1=C(C)NC(=O)N[C@@H]1c1cc(I)ccc1OC. The first-order valence-electron chi connectivity index (χ1n) is 6.76. The molecule has 1 aliphatic heterocycles. The topological polar surface area (TPSA) is 76.7 Å². The summed E-state index contributed by atoms with van der Waals surface area (Å²) in [6.07, 6.45) is 0. The predicted octanol–water partition coefficient (Wildman–Crippen LogP) is 2.49. The molecule has 6 nitrogen and oxygen atoms in total. The van der Waals surface area contributed by atoms with Gasteiger partial charge in [0.25, 0.3) is 0 Å². The Labute approximate surface area is 142 Å². The van der Waals surface area contributed by atoms with E-state index in [1.54, 1.807) is 21.0 Å². The van der Waals surface area contributed by atoms with Gasteiger partial charge in [0.1, 0.15) is 5.75 Å². The van der Waals surface area contributed by atoms with Crippen LogP contribution in [0.1, 0.15) is 25.5 Å². The van der Waals surface area contributed by atoms with Crippen molar-refractivity contribution in [2.24, 2.45) is 0 Å². The molecule has 1 heterocycles. The lowest BCUT2D eigenvalue weighted by molar-refractivity contribution is -0.139. The number of methoxy groups -OCH3 is 1. The van der Waals surface area contributed by atoms with E-state index in [4.69, 9.17) is 9.47 Å². The fourth-order valence-electron chi connectivity index (χ4n) is 2.34. The number of carbonyl (C=O) groups is 2. The van der Waals surface area contributed by atoms with Crippen LogP contribution in [0.15, 0.2) is 29.5 Å². The van der Waals surface area contributed by atoms with Gasteiger partial charge in [-0.3, -0.25) is 0 Å². The minimum absolute atomic E-state index is 0.264. The van der Waals surface area contributed by atoms with Crippen LogP contribution >= 0.6 is 22.6 Å². The number of nitrogens with one attached hydrogen (secondary N) is 2. The second kappa shape index (κ2) is 6.99. The van der Waals surface area contributed by atoms with Crippen molar-refractivity contribution in [2.45, 2.75) is 19.9 Å². The first-order valence-corrected chi connectivity index (χ1v) is 7.84. The average Bonchev–Trinajstić information content (AvgIpc) is 2.46. The molecule has 22 heavy (non-hydrogen) atoms. The van der Waals surface area contributed by atoms with Gasteiger partial charge in [0.15, 0.2) is 0 Å². The molecule has 1 aromatic rings. The molecular formula is C15H17IN2O4. The second-order valence-corrected chi connectivity index (χ2v) is 5.92. The molecule has 0 spiro atoms. The van der Waals surface area contributed by atoms with Crippen molar-refractivity contribution in [3.63, 3.8) is 0 Å². The molecule has 0 bridgehead atoms. The Bertz CT molecular complexity index is 642. The molecular weight excluding hydrogens is 399 g/mol. The third-order valence-electron chi connectivity index (χ3n) is 3.27. The van der Waals surface area contributed by atoms with Crippen molar-refractivity contribution >= 4 is 34.6 Å². The largest absolute Gasteiger partial charge is 0.496 e. The van der Waals surface area contributed by atoms with Gasteiger partial charge in [-0.1, -0.05) is 0 Å². The van der Waals surface area contributed by atoms with Gasteiger partial charge in [0.2, 0.25) is 0 Å². The summed E-state index contributed by atoms with van der Waals surface area (Å²) in [6, 6.07) is 4.60. The molecule has 1 atom stereocenters. The lowest BCUT2D eigenvalue weighted by Gasteiger charge is -2.29. The van der Waals surface area contributed by atoms with Gasteiger partial charge in [-0.15, -0.1) is 0 Å². The van der Waals surface area contributed by atoms with Crippen LogP contribution in [0.25, 0.3) is 0 Å². The number of amides is 2. The van der Waals surface area contributed by atoms with E-state index in [1.807, 2.05) is 18.2 Å². The second-order valence-electron chi connectivity index (χ2n) is 4.68. The van der Waals surface area contributed by atoms with Crippen LogP contribution in [0.2, 0.25) is 0 Å². The maximum absolute atomic E-state index is 12.3. The summed E-state index contributed by atoms with van der Waals surface area (Å²) in [4.78, 5) is 24.1. The van der Waals surface area contributed by atoms with Crippen LogP contribution in [0, 0.1) is 3.57 Å². The number of benzene rings is 1. The van der Waals surface area contributed by atoms with Gasteiger partial charge in [-0.05, 0) is 54.6 Å². The van der Waals surface area contributed by atoms with Gasteiger partial charge < -0.3 is 20.1 Å². The normalized spacial score (nSPS) is 17.6. The lowest BCUT2D eigenvalue weighted by atomic mass is 9.95. The number of urea groups is 1. The summed E-state index contributed by atoms with van der Waals surface area (Å²) in [5, 5.41) is 5.37. The smallest absolute Gasteiger partial charge is 0.338 e. The number of esters is 1. The average molecular weight is 416 g/mol. The molecule has 1 aliphatic rings. The summed E-state index contributed by atoms with van der Waals surface area (Å²) in [6.45, 7) is 3.68. The number of allylic oxidation sites excluding steroid dienone is 1. The summed E-state index contributed by atoms with van der Waals surface area (Å²) in [5.41, 5.74) is 1.57. The minimum atomic E-state index is -0.613. The molecule has 2 rings (SSSR count). The highest BCUT2D eigenvalue weighted by atomic mass is 127. The van der Waals surface area contributed by atoms with E-state index in [0.29, 0.717) is 22.6 Å². The summed E-state index contributed by atoms with van der Waals surface area (Å²) in [7, 11) is 1.55. The van der Waals surface area contributed by atoms with E-state index < -0.39 is 12.0 Å². The maximum Gasteiger partial charge on any atom is 0.338 e. The number of ether oxygens (including phenoxy) is 2. The predicted molar refractivity (Wildman–Crippen MR) is 89.5 cm³/mol. The zero-order valence-electron chi connectivity index (χ0n) is 12.5. The number of halogens is 1. The molecule has 0 saturated carbocycles. The monoisotopic (exact) mass is 416 g/mol. The van der Waals surface area contributed by atoms with Crippen molar-refractivity contribution in [1.29, 1.82) is 0 Å². The van der Waals surface area contributed by atoms with Crippen LogP contribution in [0.5, 0.6) is 5.75 Å². The van der Waals surface area contributed by atoms with Crippen molar-refractivity contribution in [1.82, 2.24) is 10.6 Å². The minimum Gasteiger partial charge on any atom is -0.496 e. The highest BCUT2D eigenvalue weighted by Gasteiger charge is 2.33. The van der Waals surface area contributed by atoms with E-state index in [9.17, 15) is 9.59 Å². The molecule has 1 aromatic carbocycles. The molecule has 0 unspecified atom stereocenters. The van der Waals surface area contributed by atoms with Gasteiger partial charge in [-0.25, -0.2) is 9.59 Å². The Hall–Kier alpha value is -1.77. The number of rotatable bonds is 4. The van der Waals surface area contributed by atoms with Gasteiger partial charge in [0.05, 0.1) is 25.3 Å². The van der Waals surface area contributed by atoms with E-state index in [-0.39, 0.29) is 12.6 Å². The number of hydrogen-bond donors (Lipinski definition) is 2. The highest BCUT2D eigenvalue weighted by molar-refractivity contribution is 14.1. The molecule has 0 aliphatic carbocycles. The quantitative estimate of drug-likeness (QED) is 0.584. The molecule has 0 aromatic heterocycles. The molecule has 0 radical (unpaired) electrons. The Morgan fingerprint density at radius 2 is 2.14 bits per heavy atom. The molecule has 0 saturated heterocycles. The number of carbonyl (C=O) groups excluding carboxylic acids is 2. The van der Waals surface area contributed by atoms with Crippen LogP contribution in [0.4, 0.5) is 4.79 Å². The fourth-order valence-corrected chi connectivity index (χ4v) is 2.85. The lowest BCUT2D eigenvalue weighted by Crippen LogP contribution is -2.45. The summed E-state index contributed by atoms with van der Waals surface area (Å²) >= 11 is 2.17. The zero-order chi connectivity index (χ0) is 16.3. The number of hydrogen-bond acceptors (Lipinski definition) is 4. The first kappa shape index (κ1) is 16.6. The van der Waals surface area contributed by atoms with Crippen molar-refractivity contribution < 1.29 is 19.1 Å². The van der Waals surface area contributed by atoms with Crippen molar-refractivity contribution in [3.8, 4) is 5.75 Å². The summed E-state index contributed by atoms with van der Waals surface area (Å²) in [5.74, 6) is 0.139. The maximum atomic E-state index is 12.3. The van der Waals surface area contributed by atoms with Gasteiger partial charge >= 0.3 is 12.0 Å². The Balaban J connectivity index is 2.55. The van der Waals surface area contributed by atoms with Gasteiger partial charge in [0, 0.05) is 14.8 Å². The van der Waals surface area contributed by atoms with Crippen LogP contribution in [0.3, 0.4) is 0 Å². The fraction of sp³-hybridized carbons (Fsp3) is 0.333. The third-order valence-corrected chi connectivity index (χ3v) is 3.94. The molecule has 7 heteroatoms.